The Kier molecular flexibility index (Phi) is 10.0. The van der Waals surface area contributed by atoms with E-state index < -0.39 is 16.1 Å². The molecule has 3 rings (SSSR count). The van der Waals surface area contributed by atoms with E-state index in [4.69, 9.17) is 28.2 Å². The van der Waals surface area contributed by atoms with Crippen LogP contribution in [0.3, 0.4) is 0 Å². The molecule has 1 aromatic carbocycles. The standard InChI is InChI=1S/C25H32Cl2N6O4S2/c1-7-10-39(35,36)33-18-12-15(26)11-16(19(18)27)20-21(38-22(32-20)25(3,4)5)17-8-9-28-23(31-17)29-13-14(2)30-24(34)37-6/h8-9,11-12,14,33H,7,10,13H2,1-6H3,(H,30,34)(H,28,29,31)/t14-/m0/s1. The maximum Gasteiger partial charge on any atom is 0.407 e. The Morgan fingerprint density at radius 3 is 2.56 bits per heavy atom. The van der Waals surface area contributed by atoms with Crippen molar-refractivity contribution in [3.63, 3.8) is 0 Å². The zero-order valence-electron chi connectivity index (χ0n) is 22.6. The second kappa shape index (κ2) is 12.7. The van der Waals surface area contributed by atoms with Gasteiger partial charge in [0.1, 0.15) is 0 Å². The number of carbonyl (C=O) groups excluding carboxylic acids is 1. The number of halogens is 2. The van der Waals surface area contributed by atoms with Gasteiger partial charge in [0, 0.05) is 34.8 Å². The van der Waals surface area contributed by atoms with Crippen LogP contribution in [0, 0.1) is 0 Å². The summed E-state index contributed by atoms with van der Waals surface area (Å²) in [6.07, 6.45) is 1.54. The molecule has 2 heterocycles. The van der Waals surface area contributed by atoms with Crippen LogP contribution in [0.15, 0.2) is 24.4 Å². The monoisotopic (exact) mass is 614 g/mol. The average molecular weight is 616 g/mol. The number of nitrogens with one attached hydrogen (secondary N) is 3. The second-order valence-electron chi connectivity index (χ2n) is 9.87. The SMILES string of the molecule is CCCS(=O)(=O)Nc1cc(Cl)cc(-c2nc(C(C)(C)C)sc2-c2ccnc(NC[C@H](C)NC(=O)OC)n2)c1Cl. The molecular formula is C25H32Cl2N6O4S2. The maximum atomic E-state index is 12.5. The molecule has 0 radical (unpaired) electrons. The van der Waals surface area contributed by atoms with Crippen LogP contribution in [0.25, 0.3) is 21.8 Å². The van der Waals surface area contributed by atoms with Crippen LogP contribution < -0.4 is 15.4 Å². The van der Waals surface area contributed by atoms with Crippen molar-refractivity contribution in [3.8, 4) is 21.8 Å². The highest BCUT2D eigenvalue weighted by Gasteiger charge is 2.26. The molecule has 0 spiro atoms. The first-order valence-corrected chi connectivity index (χ1v) is 15.4. The van der Waals surface area contributed by atoms with Gasteiger partial charge in [-0.05, 0) is 31.5 Å². The van der Waals surface area contributed by atoms with Crippen LogP contribution in [0.1, 0.15) is 46.0 Å². The third-order valence-electron chi connectivity index (χ3n) is 5.30. The van der Waals surface area contributed by atoms with Crippen LogP contribution in [0.5, 0.6) is 0 Å². The van der Waals surface area contributed by atoms with Crippen molar-refractivity contribution < 1.29 is 17.9 Å². The molecule has 39 heavy (non-hydrogen) atoms. The Balaban J connectivity index is 2.06. The van der Waals surface area contributed by atoms with Crippen LogP contribution in [0.4, 0.5) is 16.4 Å². The molecule has 0 unspecified atom stereocenters. The van der Waals surface area contributed by atoms with Crippen molar-refractivity contribution in [2.24, 2.45) is 0 Å². The van der Waals surface area contributed by atoms with Crippen LogP contribution in [-0.2, 0) is 20.2 Å². The Bertz CT molecular complexity index is 1440. The van der Waals surface area contributed by atoms with E-state index in [1.165, 1.54) is 24.5 Å². The molecule has 10 nitrogen and oxygen atoms in total. The summed E-state index contributed by atoms with van der Waals surface area (Å²) in [5.74, 6) is 0.305. The average Bonchev–Trinajstić information content (AvgIpc) is 3.30. The summed E-state index contributed by atoms with van der Waals surface area (Å²) in [7, 11) is -2.30. The summed E-state index contributed by atoms with van der Waals surface area (Å²) >= 11 is 14.6. The van der Waals surface area contributed by atoms with Crippen LogP contribution in [-0.4, -0.2) is 54.9 Å². The summed E-state index contributed by atoms with van der Waals surface area (Å²) in [6.45, 7) is 10.1. The molecule has 0 aliphatic rings. The minimum atomic E-state index is -3.61. The van der Waals surface area contributed by atoms with Gasteiger partial charge in [0.25, 0.3) is 0 Å². The Morgan fingerprint density at radius 1 is 1.21 bits per heavy atom. The van der Waals surface area contributed by atoms with E-state index in [1.54, 1.807) is 25.3 Å². The highest BCUT2D eigenvalue weighted by Crippen LogP contribution is 2.45. The van der Waals surface area contributed by atoms with Gasteiger partial charge < -0.3 is 15.4 Å². The molecule has 2 aromatic heterocycles. The van der Waals surface area contributed by atoms with Crippen molar-refractivity contribution in [1.82, 2.24) is 20.3 Å². The predicted octanol–water partition coefficient (Wildman–Crippen LogP) is 6.18. The van der Waals surface area contributed by atoms with Crippen molar-refractivity contribution in [1.29, 1.82) is 0 Å². The number of nitrogens with zero attached hydrogens (tertiary/aromatic N) is 3. The van der Waals surface area contributed by atoms with Gasteiger partial charge in [0.2, 0.25) is 16.0 Å². The molecule has 0 saturated heterocycles. The largest absolute Gasteiger partial charge is 0.453 e. The van der Waals surface area contributed by atoms with Crippen molar-refractivity contribution in [2.45, 2.75) is 52.5 Å². The molecule has 1 amide bonds. The first kappa shape index (κ1) is 30.9. The quantitative estimate of drug-likeness (QED) is 0.246. The third kappa shape index (κ3) is 8.17. The van der Waals surface area contributed by atoms with Gasteiger partial charge in [0.15, 0.2) is 0 Å². The van der Waals surface area contributed by atoms with Gasteiger partial charge in [0.05, 0.1) is 44.8 Å². The third-order valence-corrected chi connectivity index (χ3v) is 8.91. The minimum Gasteiger partial charge on any atom is -0.453 e. The lowest BCUT2D eigenvalue weighted by molar-refractivity contribution is 0.168. The normalized spacial score (nSPS) is 12.6. The van der Waals surface area contributed by atoms with Crippen LogP contribution in [0.2, 0.25) is 10.0 Å². The zero-order valence-corrected chi connectivity index (χ0v) is 25.7. The summed E-state index contributed by atoms with van der Waals surface area (Å²) < 4.78 is 32.1. The molecule has 0 fully saturated rings. The smallest absolute Gasteiger partial charge is 0.407 e. The predicted molar refractivity (Wildman–Crippen MR) is 158 cm³/mol. The molecule has 0 aliphatic carbocycles. The van der Waals surface area contributed by atoms with E-state index in [9.17, 15) is 13.2 Å². The Hall–Kier alpha value is -2.67. The lowest BCUT2D eigenvalue weighted by Crippen LogP contribution is -2.37. The zero-order chi connectivity index (χ0) is 29.0. The fourth-order valence-corrected chi connectivity index (χ4v) is 6.21. The van der Waals surface area contributed by atoms with Crippen molar-refractivity contribution >= 4 is 62.3 Å². The summed E-state index contributed by atoms with van der Waals surface area (Å²) in [5, 5.41) is 7.11. The number of hydrogen-bond donors (Lipinski definition) is 3. The molecule has 0 aliphatic heterocycles. The lowest BCUT2D eigenvalue weighted by Gasteiger charge is -2.14. The molecule has 0 saturated carbocycles. The number of methoxy groups -OCH3 is 1. The highest BCUT2D eigenvalue weighted by molar-refractivity contribution is 7.92. The summed E-state index contributed by atoms with van der Waals surface area (Å²) in [6, 6.07) is 4.66. The Morgan fingerprint density at radius 2 is 1.92 bits per heavy atom. The van der Waals surface area contributed by atoms with Gasteiger partial charge in [-0.3, -0.25) is 4.72 Å². The van der Waals surface area contributed by atoms with Crippen LogP contribution >= 0.6 is 34.5 Å². The molecule has 14 heteroatoms. The molecule has 1 atom stereocenters. The number of alkyl carbamates (subject to hydrolysis) is 1. The van der Waals surface area contributed by atoms with Gasteiger partial charge >= 0.3 is 6.09 Å². The van der Waals surface area contributed by atoms with Gasteiger partial charge in [-0.15, -0.1) is 11.3 Å². The van der Waals surface area contributed by atoms with E-state index in [2.05, 4.69) is 30.1 Å². The summed E-state index contributed by atoms with van der Waals surface area (Å²) in [4.78, 5) is 26.0. The van der Waals surface area contributed by atoms with E-state index in [1.807, 2.05) is 27.7 Å². The molecule has 3 aromatic rings. The minimum absolute atomic E-state index is 0.0498. The molecule has 3 N–H and O–H groups in total. The van der Waals surface area contributed by atoms with E-state index in [0.29, 0.717) is 40.9 Å². The van der Waals surface area contributed by atoms with Crippen molar-refractivity contribution in [3.05, 3.63) is 39.4 Å². The number of aromatic nitrogens is 3. The number of sulfonamides is 1. The first-order valence-electron chi connectivity index (χ1n) is 12.2. The molecule has 0 bridgehead atoms. The molecular weight excluding hydrogens is 583 g/mol. The number of rotatable bonds is 10. The Labute approximate surface area is 243 Å². The number of anilines is 2. The maximum absolute atomic E-state index is 12.5. The van der Waals surface area contributed by atoms with Gasteiger partial charge in [-0.2, -0.15) is 0 Å². The number of carbonyl (C=O) groups is 1. The van der Waals surface area contributed by atoms with Gasteiger partial charge in [-0.1, -0.05) is 50.9 Å². The fourth-order valence-electron chi connectivity index (χ4n) is 3.45. The van der Waals surface area contributed by atoms with Gasteiger partial charge in [-0.25, -0.2) is 28.2 Å². The number of amides is 1. The number of hydrogen-bond acceptors (Lipinski definition) is 9. The van der Waals surface area contributed by atoms with E-state index >= 15 is 0 Å². The number of ether oxygens (including phenoxy) is 1. The van der Waals surface area contributed by atoms with E-state index in [0.717, 1.165) is 9.88 Å². The van der Waals surface area contributed by atoms with E-state index in [-0.39, 0.29) is 27.9 Å². The lowest BCUT2D eigenvalue weighted by atomic mass is 9.98. The molecule has 212 valence electrons. The van der Waals surface area contributed by atoms with Crippen molar-refractivity contribution in [2.75, 3.05) is 29.4 Å². The highest BCUT2D eigenvalue weighted by atomic mass is 35.5. The summed E-state index contributed by atoms with van der Waals surface area (Å²) in [5.41, 5.74) is 1.49. The number of thiazole rings is 1. The second-order valence-corrected chi connectivity index (χ2v) is 13.5. The fraction of sp³-hybridized carbons (Fsp3) is 0.440. The first-order chi connectivity index (χ1) is 18.2. The topological polar surface area (TPSA) is 135 Å². The number of benzene rings is 1.